The molecule has 0 aromatic carbocycles. The molecule has 102 valence electrons. The predicted octanol–water partition coefficient (Wildman–Crippen LogP) is -0.229. The Balaban J connectivity index is 1.43. The van der Waals surface area contributed by atoms with Crippen molar-refractivity contribution in [3.63, 3.8) is 0 Å². The molecule has 3 aliphatic carbocycles. The van der Waals surface area contributed by atoms with Crippen molar-refractivity contribution in [3.05, 3.63) is 0 Å². The minimum atomic E-state index is -3.24. The summed E-state index contributed by atoms with van der Waals surface area (Å²) >= 11 is 0. The van der Waals surface area contributed by atoms with Gasteiger partial charge in [0, 0.05) is 32.2 Å². The quantitative estimate of drug-likeness (QED) is 0.745. The van der Waals surface area contributed by atoms with Crippen molar-refractivity contribution in [1.82, 2.24) is 14.3 Å². The molecular weight excluding hydrogens is 250 g/mol. The van der Waals surface area contributed by atoms with Crippen LogP contribution in [0.25, 0.3) is 0 Å². The summed E-state index contributed by atoms with van der Waals surface area (Å²) in [6, 6.07) is 0.260. The molecule has 0 amide bonds. The van der Waals surface area contributed by atoms with E-state index in [0.717, 1.165) is 24.9 Å². The summed E-state index contributed by atoms with van der Waals surface area (Å²) in [6.07, 6.45) is 4.02. The first kappa shape index (κ1) is 11.6. The minimum absolute atomic E-state index is 0.260. The molecule has 0 aromatic heterocycles. The van der Waals surface area contributed by atoms with Gasteiger partial charge in [-0.1, -0.05) is 0 Å². The van der Waals surface area contributed by atoms with Crippen LogP contribution in [-0.4, -0.2) is 44.9 Å². The molecule has 6 heteroatoms. The fraction of sp³-hybridized carbons (Fsp3) is 1.00. The lowest BCUT2D eigenvalue weighted by atomic mass is 10.0. The molecule has 4 aliphatic rings. The number of nitrogens with one attached hydrogen (secondary N) is 2. The molecule has 4 fully saturated rings. The largest absolute Gasteiger partial charge is 0.314 e. The first-order valence-electron chi connectivity index (χ1n) is 7.15. The van der Waals surface area contributed by atoms with Crippen LogP contribution in [0.15, 0.2) is 0 Å². The third-order valence-electron chi connectivity index (χ3n) is 5.44. The molecule has 2 bridgehead atoms. The van der Waals surface area contributed by atoms with E-state index in [1.54, 1.807) is 4.31 Å². The highest BCUT2D eigenvalue weighted by molar-refractivity contribution is 7.87. The summed E-state index contributed by atoms with van der Waals surface area (Å²) in [7, 11) is -3.24. The number of fused-ring (bicyclic) bond motifs is 5. The Labute approximate surface area is 108 Å². The Kier molecular flexibility index (Phi) is 2.53. The monoisotopic (exact) mass is 271 g/mol. The van der Waals surface area contributed by atoms with Gasteiger partial charge < -0.3 is 5.32 Å². The fourth-order valence-electron chi connectivity index (χ4n) is 4.61. The van der Waals surface area contributed by atoms with E-state index in [0.29, 0.717) is 24.9 Å². The van der Waals surface area contributed by atoms with Crippen molar-refractivity contribution in [2.24, 2.45) is 23.7 Å². The second-order valence-corrected chi connectivity index (χ2v) is 7.99. The number of piperazine rings is 1. The van der Waals surface area contributed by atoms with Crippen molar-refractivity contribution in [3.8, 4) is 0 Å². The highest BCUT2D eigenvalue weighted by atomic mass is 32.2. The molecule has 1 saturated heterocycles. The predicted molar refractivity (Wildman–Crippen MR) is 68.1 cm³/mol. The zero-order valence-electron chi connectivity index (χ0n) is 10.5. The van der Waals surface area contributed by atoms with E-state index < -0.39 is 10.2 Å². The maximum Gasteiger partial charge on any atom is 0.279 e. The molecule has 1 aliphatic heterocycles. The van der Waals surface area contributed by atoms with Gasteiger partial charge in [-0.3, -0.25) is 0 Å². The summed E-state index contributed by atoms with van der Waals surface area (Å²) in [5.74, 6) is 2.97. The first-order valence-corrected chi connectivity index (χ1v) is 8.59. The van der Waals surface area contributed by atoms with Crippen molar-refractivity contribution in [2.75, 3.05) is 26.2 Å². The van der Waals surface area contributed by atoms with Gasteiger partial charge in [-0.2, -0.15) is 17.4 Å². The summed E-state index contributed by atoms with van der Waals surface area (Å²) in [5.41, 5.74) is 0. The van der Waals surface area contributed by atoms with Crippen LogP contribution >= 0.6 is 0 Å². The minimum Gasteiger partial charge on any atom is -0.314 e. The van der Waals surface area contributed by atoms with Crippen LogP contribution in [0.5, 0.6) is 0 Å². The van der Waals surface area contributed by atoms with Crippen LogP contribution in [0, 0.1) is 23.7 Å². The van der Waals surface area contributed by atoms with Gasteiger partial charge in [0.25, 0.3) is 10.2 Å². The van der Waals surface area contributed by atoms with Crippen molar-refractivity contribution in [2.45, 2.75) is 25.3 Å². The average Bonchev–Trinajstić information content (AvgIpc) is 2.77. The lowest BCUT2D eigenvalue weighted by molar-refractivity contribution is 0.351. The Bertz CT molecular complexity index is 430. The Morgan fingerprint density at radius 3 is 2.28 bits per heavy atom. The lowest BCUT2D eigenvalue weighted by Crippen LogP contribution is -2.51. The molecule has 5 nitrogen and oxygen atoms in total. The van der Waals surface area contributed by atoms with Crippen molar-refractivity contribution < 1.29 is 8.42 Å². The van der Waals surface area contributed by atoms with E-state index in [1.165, 1.54) is 19.3 Å². The van der Waals surface area contributed by atoms with Gasteiger partial charge in [-0.05, 0) is 42.9 Å². The van der Waals surface area contributed by atoms with Gasteiger partial charge in [0.05, 0.1) is 0 Å². The van der Waals surface area contributed by atoms with E-state index in [4.69, 9.17) is 0 Å². The van der Waals surface area contributed by atoms with Gasteiger partial charge in [-0.25, -0.2) is 0 Å². The molecule has 0 spiro atoms. The summed E-state index contributed by atoms with van der Waals surface area (Å²) in [5, 5.41) is 3.19. The summed E-state index contributed by atoms with van der Waals surface area (Å²) in [4.78, 5) is 0. The number of hydrogen-bond acceptors (Lipinski definition) is 3. The first-order chi connectivity index (χ1) is 8.67. The van der Waals surface area contributed by atoms with E-state index >= 15 is 0 Å². The second-order valence-electron chi connectivity index (χ2n) is 6.29. The molecule has 18 heavy (non-hydrogen) atoms. The lowest BCUT2D eigenvalue weighted by Gasteiger charge is -2.27. The van der Waals surface area contributed by atoms with Gasteiger partial charge in [0.2, 0.25) is 0 Å². The van der Waals surface area contributed by atoms with Crippen molar-refractivity contribution in [1.29, 1.82) is 0 Å². The van der Waals surface area contributed by atoms with Gasteiger partial charge in [0.1, 0.15) is 0 Å². The maximum absolute atomic E-state index is 12.3. The van der Waals surface area contributed by atoms with Crippen molar-refractivity contribution >= 4 is 10.2 Å². The fourth-order valence-corrected chi connectivity index (χ4v) is 6.08. The SMILES string of the molecule is O=S(=O)(NC1C2C3CCC(C3)C12)N1CCNCC1. The molecule has 0 radical (unpaired) electrons. The molecule has 3 saturated carbocycles. The Hall–Kier alpha value is -0.170. The van der Waals surface area contributed by atoms with Crippen LogP contribution in [0.3, 0.4) is 0 Å². The second kappa shape index (κ2) is 3.91. The topological polar surface area (TPSA) is 61.4 Å². The molecule has 1 heterocycles. The molecule has 0 aromatic rings. The number of nitrogens with zero attached hydrogens (tertiary/aromatic N) is 1. The molecular formula is C12H21N3O2S. The molecule has 4 rings (SSSR count). The van der Waals surface area contributed by atoms with Crippen LogP contribution in [0.2, 0.25) is 0 Å². The number of rotatable bonds is 3. The van der Waals surface area contributed by atoms with E-state index in [1.807, 2.05) is 0 Å². The van der Waals surface area contributed by atoms with Gasteiger partial charge in [0.15, 0.2) is 0 Å². The number of hydrogen-bond donors (Lipinski definition) is 2. The van der Waals surface area contributed by atoms with Gasteiger partial charge >= 0.3 is 0 Å². The summed E-state index contributed by atoms with van der Waals surface area (Å²) < 4.78 is 29.1. The summed E-state index contributed by atoms with van der Waals surface area (Å²) in [6.45, 7) is 2.74. The highest BCUT2D eigenvalue weighted by Gasteiger charge is 2.65. The zero-order chi connectivity index (χ0) is 12.3. The van der Waals surface area contributed by atoms with E-state index in [9.17, 15) is 8.42 Å². The van der Waals surface area contributed by atoms with Gasteiger partial charge in [-0.15, -0.1) is 0 Å². The Morgan fingerprint density at radius 1 is 1.06 bits per heavy atom. The molecule has 4 atom stereocenters. The maximum atomic E-state index is 12.3. The highest BCUT2D eigenvalue weighted by Crippen LogP contribution is 2.65. The van der Waals surface area contributed by atoms with Crippen LogP contribution in [-0.2, 0) is 10.2 Å². The average molecular weight is 271 g/mol. The third kappa shape index (κ3) is 1.66. The van der Waals surface area contributed by atoms with Crippen LogP contribution in [0.1, 0.15) is 19.3 Å². The molecule has 2 N–H and O–H groups in total. The third-order valence-corrected chi connectivity index (χ3v) is 7.05. The zero-order valence-corrected chi connectivity index (χ0v) is 11.3. The molecule has 4 unspecified atom stereocenters. The standard InChI is InChI=1S/C12H21N3O2S/c16-18(17,15-5-3-13-4-6-15)14-12-10-8-1-2-9(7-8)11(10)12/h8-14H,1-7H2. The smallest absolute Gasteiger partial charge is 0.279 e. The van der Waals surface area contributed by atoms with E-state index in [2.05, 4.69) is 10.0 Å². The van der Waals surface area contributed by atoms with E-state index in [-0.39, 0.29) is 6.04 Å². The Morgan fingerprint density at radius 2 is 1.67 bits per heavy atom. The normalized spacial score (nSPS) is 47.2. The van der Waals surface area contributed by atoms with Crippen LogP contribution in [0.4, 0.5) is 0 Å². The van der Waals surface area contributed by atoms with Crippen LogP contribution < -0.4 is 10.0 Å².